The second-order valence-electron chi connectivity index (χ2n) is 9.24. The first-order valence-corrected chi connectivity index (χ1v) is 11.0. The van der Waals surface area contributed by atoms with Crippen LogP contribution in [0.3, 0.4) is 0 Å². The number of carbonyl (C=O) groups excluding carboxylic acids is 1. The largest absolute Gasteiger partial charge is 0.444 e. The molecule has 0 bridgehead atoms. The molecule has 2 unspecified atom stereocenters. The first-order valence-electron chi connectivity index (χ1n) is 10.2. The van der Waals surface area contributed by atoms with Gasteiger partial charge in [0.1, 0.15) is 11.4 Å². The van der Waals surface area contributed by atoms with Crippen molar-refractivity contribution in [2.24, 2.45) is 0 Å². The lowest BCUT2D eigenvalue weighted by Crippen LogP contribution is -2.50. The number of likely N-dealkylation sites (tertiary alicyclic amines) is 1. The summed E-state index contributed by atoms with van der Waals surface area (Å²) < 4.78 is 20.7. The lowest BCUT2D eigenvalue weighted by molar-refractivity contribution is 0.0180. The molecule has 3 nitrogen and oxygen atoms in total. The predicted octanol–water partition coefficient (Wildman–Crippen LogP) is 6.02. The summed E-state index contributed by atoms with van der Waals surface area (Å²) in [5.74, 6) is -0.218. The van der Waals surface area contributed by atoms with E-state index in [2.05, 4.69) is 34.1 Å². The van der Waals surface area contributed by atoms with Crippen LogP contribution < -0.4 is 0 Å². The maximum absolute atomic E-state index is 13.9. The van der Waals surface area contributed by atoms with Crippen LogP contribution in [0.1, 0.15) is 50.3 Å². The molecule has 0 radical (unpaired) electrons. The van der Waals surface area contributed by atoms with Crippen LogP contribution >= 0.6 is 15.9 Å². The van der Waals surface area contributed by atoms with E-state index in [9.17, 15) is 9.18 Å². The van der Waals surface area contributed by atoms with Crippen molar-refractivity contribution in [2.75, 3.05) is 6.54 Å². The summed E-state index contributed by atoms with van der Waals surface area (Å²) in [6.45, 7) is 6.35. The molecule has 4 rings (SSSR count). The minimum absolute atomic E-state index is 0.0503. The van der Waals surface area contributed by atoms with Crippen molar-refractivity contribution >= 4 is 22.0 Å². The zero-order valence-electron chi connectivity index (χ0n) is 17.2. The first-order chi connectivity index (χ1) is 13.7. The number of benzene rings is 2. The summed E-state index contributed by atoms with van der Waals surface area (Å²) in [5.41, 5.74) is 2.82. The highest BCUT2D eigenvalue weighted by atomic mass is 79.9. The van der Waals surface area contributed by atoms with Crippen LogP contribution in [0.4, 0.5) is 9.18 Å². The number of halogens is 2. The minimum Gasteiger partial charge on any atom is -0.444 e. The Bertz CT molecular complexity index is 939. The molecule has 1 fully saturated rings. The number of carbonyl (C=O) groups is 1. The number of nitrogens with zero attached hydrogens (tertiary/aromatic N) is 1. The van der Waals surface area contributed by atoms with Gasteiger partial charge in [-0.2, -0.15) is 0 Å². The summed E-state index contributed by atoms with van der Waals surface area (Å²) in [5, 5.41) is 0. The van der Waals surface area contributed by atoms with Gasteiger partial charge in [0.15, 0.2) is 0 Å². The standard InChI is InChI=1S/C24H27BrFNO2/c1-23(2,3)29-22(28)27-12-11-24(15-16-5-4-6-19(26)13-16)20-9-8-18(25)14-17(20)7-10-21(24)27/h4-6,8-9,13-14,21H,7,10-12,15H2,1-3H3. The van der Waals surface area contributed by atoms with Gasteiger partial charge in [0.05, 0.1) is 0 Å². The first kappa shape index (κ1) is 20.4. The topological polar surface area (TPSA) is 29.5 Å². The van der Waals surface area contributed by atoms with E-state index in [0.29, 0.717) is 13.0 Å². The van der Waals surface area contributed by atoms with Gasteiger partial charge < -0.3 is 9.64 Å². The number of hydrogen-bond acceptors (Lipinski definition) is 2. The number of rotatable bonds is 2. The van der Waals surface area contributed by atoms with Crippen LogP contribution in [0.5, 0.6) is 0 Å². The molecule has 1 aliphatic carbocycles. The molecule has 2 aromatic rings. The molecular weight excluding hydrogens is 433 g/mol. The maximum Gasteiger partial charge on any atom is 0.410 e. The fraction of sp³-hybridized carbons (Fsp3) is 0.458. The lowest BCUT2D eigenvalue weighted by atomic mass is 9.64. The van der Waals surface area contributed by atoms with E-state index in [-0.39, 0.29) is 23.4 Å². The van der Waals surface area contributed by atoms with E-state index in [4.69, 9.17) is 4.74 Å². The molecule has 2 aliphatic rings. The van der Waals surface area contributed by atoms with Crippen molar-refractivity contribution in [2.45, 2.75) is 63.5 Å². The number of hydrogen-bond donors (Lipinski definition) is 0. The van der Waals surface area contributed by atoms with Crippen LogP contribution in [0.2, 0.25) is 0 Å². The predicted molar refractivity (Wildman–Crippen MR) is 116 cm³/mol. The molecule has 0 aromatic heterocycles. The fourth-order valence-electron chi connectivity index (χ4n) is 5.09. The third-order valence-electron chi connectivity index (χ3n) is 6.14. The van der Waals surface area contributed by atoms with Crippen LogP contribution in [0, 0.1) is 5.82 Å². The Balaban J connectivity index is 1.75. The Morgan fingerprint density at radius 2 is 2.07 bits per heavy atom. The van der Waals surface area contributed by atoms with E-state index >= 15 is 0 Å². The van der Waals surface area contributed by atoms with Crippen LogP contribution in [0.15, 0.2) is 46.9 Å². The molecule has 5 heteroatoms. The minimum atomic E-state index is -0.525. The van der Waals surface area contributed by atoms with E-state index in [1.165, 1.54) is 17.2 Å². The summed E-state index contributed by atoms with van der Waals surface area (Å²) in [6.07, 6.45) is 3.12. The van der Waals surface area contributed by atoms with Gasteiger partial charge in [-0.15, -0.1) is 0 Å². The molecule has 154 valence electrons. The number of fused-ring (bicyclic) bond motifs is 3. The highest BCUT2D eigenvalue weighted by molar-refractivity contribution is 9.10. The van der Waals surface area contributed by atoms with Gasteiger partial charge in [-0.3, -0.25) is 0 Å². The van der Waals surface area contributed by atoms with E-state index < -0.39 is 5.60 Å². The summed E-state index contributed by atoms with van der Waals surface area (Å²) in [6, 6.07) is 13.3. The Morgan fingerprint density at radius 1 is 1.28 bits per heavy atom. The summed E-state index contributed by atoms with van der Waals surface area (Å²) in [4.78, 5) is 14.9. The van der Waals surface area contributed by atoms with Crippen molar-refractivity contribution in [3.8, 4) is 0 Å². The fourth-order valence-corrected chi connectivity index (χ4v) is 5.49. The SMILES string of the molecule is CC(C)(C)OC(=O)N1CCC2(Cc3cccc(F)c3)c3ccc(Br)cc3CCC12. The highest BCUT2D eigenvalue weighted by Crippen LogP contribution is 2.49. The van der Waals surface area contributed by atoms with Gasteiger partial charge in [-0.25, -0.2) is 9.18 Å². The normalized spacial score (nSPS) is 23.5. The molecule has 2 atom stereocenters. The molecule has 0 saturated carbocycles. The maximum atomic E-state index is 13.9. The summed E-state index contributed by atoms with van der Waals surface area (Å²) in [7, 11) is 0. The van der Waals surface area contributed by atoms with Crippen molar-refractivity contribution in [3.63, 3.8) is 0 Å². The molecule has 0 spiro atoms. The molecule has 1 saturated heterocycles. The molecule has 1 aliphatic heterocycles. The second kappa shape index (κ2) is 7.42. The van der Waals surface area contributed by atoms with Gasteiger partial charge >= 0.3 is 6.09 Å². The molecule has 1 amide bonds. The van der Waals surface area contributed by atoms with Crippen LogP contribution in [-0.4, -0.2) is 29.2 Å². The Hall–Kier alpha value is -1.88. The van der Waals surface area contributed by atoms with E-state index in [0.717, 1.165) is 29.3 Å². The molecule has 29 heavy (non-hydrogen) atoms. The third kappa shape index (κ3) is 3.94. The van der Waals surface area contributed by atoms with Crippen LogP contribution in [-0.2, 0) is 23.0 Å². The third-order valence-corrected chi connectivity index (χ3v) is 6.63. The smallest absolute Gasteiger partial charge is 0.410 e. The van der Waals surface area contributed by atoms with E-state index in [1.54, 1.807) is 12.1 Å². The molecule has 2 aromatic carbocycles. The average Bonchev–Trinajstić information content (AvgIpc) is 2.99. The number of ether oxygens (including phenoxy) is 1. The zero-order chi connectivity index (χ0) is 20.8. The molecular formula is C24H27BrFNO2. The van der Waals surface area contributed by atoms with Crippen molar-refractivity contribution in [3.05, 3.63) is 69.4 Å². The quantitative estimate of drug-likeness (QED) is 0.548. The van der Waals surface area contributed by atoms with Gasteiger partial charge in [0.2, 0.25) is 0 Å². The average molecular weight is 460 g/mol. The Morgan fingerprint density at radius 3 is 2.79 bits per heavy atom. The molecule has 0 N–H and O–H groups in total. The van der Waals surface area contributed by atoms with Crippen molar-refractivity contribution in [1.82, 2.24) is 4.90 Å². The van der Waals surface area contributed by atoms with E-state index in [1.807, 2.05) is 31.7 Å². The zero-order valence-corrected chi connectivity index (χ0v) is 18.8. The number of aryl methyl sites for hydroxylation is 1. The number of amides is 1. The summed E-state index contributed by atoms with van der Waals surface area (Å²) >= 11 is 3.59. The van der Waals surface area contributed by atoms with Gasteiger partial charge in [-0.05, 0) is 87.4 Å². The monoisotopic (exact) mass is 459 g/mol. The highest BCUT2D eigenvalue weighted by Gasteiger charge is 2.53. The van der Waals surface area contributed by atoms with Crippen molar-refractivity contribution < 1.29 is 13.9 Å². The van der Waals surface area contributed by atoms with Crippen molar-refractivity contribution in [1.29, 1.82) is 0 Å². The van der Waals surface area contributed by atoms with Gasteiger partial charge in [0, 0.05) is 22.5 Å². The Labute approximate surface area is 180 Å². The second-order valence-corrected chi connectivity index (χ2v) is 10.2. The van der Waals surface area contributed by atoms with Crippen LogP contribution in [0.25, 0.3) is 0 Å². The lowest BCUT2D eigenvalue weighted by Gasteiger charge is -2.43. The van der Waals surface area contributed by atoms with Gasteiger partial charge in [0.25, 0.3) is 0 Å². The molecule has 1 heterocycles. The Kier molecular flexibility index (Phi) is 5.22. The van der Waals surface area contributed by atoms with Gasteiger partial charge in [-0.1, -0.05) is 34.1 Å².